The number of anilines is 4. The van der Waals surface area contributed by atoms with Crippen molar-refractivity contribution >= 4 is 40.4 Å². The summed E-state index contributed by atoms with van der Waals surface area (Å²) in [6.07, 6.45) is 4.30. The van der Waals surface area contributed by atoms with Gasteiger partial charge < -0.3 is 16.4 Å². The number of aryl methyl sites for hydroxylation is 1. The molecule has 2 heterocycles. The van der Waals surface area contributed by atoms with Crippen molar-refractivity contribution in [2.24, 2.45) is 0 Å². The van der Waals surface area contributed by atoms with Crippen LogP contribution in [0.1, 0.15) is 21.6 Å². The standard InChI is InChI=1S/C18H17ClN6O/c1-10-3-5-12(6-4-10)23-14-11(2)15(17(20)25-16(14)19)24-18(26)13-9-21-7-8-22-13/h3-9,23H,1-2H3,(H2,20,25)(H,24,26). The Morgan fingerprint density at radius 2 is 1.85 bits per heavy atom. The highest BCUT2D eigenvalue weighted by Crippen LogP contribution is 2.35. The van der Waals surface area contributed by atoms with Crippen LogP contribution in [0.25, 0.3) is 0 Å². The molecule has 8 heteroatoms. The molecule has 7 nitrogen and oxygen atoms in total. The van der Waals surface area contributed by atoms with Crippen LogP contribution in [-0.4, -0.2) is 20.9 Å². The topological polar surface area (TPSA) is 106 Å². The van der Waals surface area contributed by atoms with Crippen LogP contribution in [0.4, 0.5) is 22.9 Å². The third-order valence-corrected chi connectivity index (χ3v) is 4.06. The second-order valence-corrected chi connectivity index (χ2v) is 6.06. The summed E-state index contributed by atoms with van der Waals surface area (Å²) < 4.78 is 0. The van der Waals surface area contributed by atoms with E-state index in [1.165, 1.54) is 18.6 Å². The number of halogens is 1. The van der Waals surface area contributed by atoms with Crippen molar-refractivity contribution in [1.82, 2.24) is 15.0 Å². The molecule has 0 radical (unpaired) electrons. The van der Waals surface area contributed by atoms with Gasteiger partial charge in [0.2, 0.25) is 0 Å². The molecule has 3 aromatic rings. The molecule has 4 N–H and O–H groups in total. The maximum Gasteiger partial charge on any atom is 0.275 e. The number of hydrogen-bond acceptors (Lipinski definition) is 6. The van der Waals surface area contributed by atoms with Gasteiger partial charge in [-0.3, -0.25) is 9.78 Å². The fraction of sp³-hybridized carbons (Fsp3) is 0.111. The summed E-state index contributed by atoms with van der Waals surface area (Å²) in [6, 6.07) is 7.82. The quantitative estimate of drug-likeness (QED) is 0.606. The molecular weight excluding hydrogens is 352 g/mol. The van der Waals surface area contributed by atoms with Crippen LogP contribution in [0.3, 0.4) is 0 Å². The number of carbonyl (C=O) groups excluding carboxylic acids is 1. The van der Waals surface area contributed by atoms with E-state index in [4.69, 9.17) is 17.3 Å². The molecule has 0 bridgehead atoms. The second-order valence-electron chi connectivity index (χ2n) is 5.70. The Kier molecular flexibility index (Phi) is 4.99. The number of pyridine rings is 1. The Hall–Kier alpha value is -3.19. The van der Waals surface area contributed by atoms with Crippen molar-refractivity contribution in [1.29, 1.82) is 0 Å². The van der Waals surface area contributed by atoms with Gasteiger partial charge in [-0.25, -0.2) is 9.97 Å². The number of nitrogen functional groups attached to an aromatic ring is 1. The SMILES string of the molecule is Cc1ccc(Nc2c(Cl)nc(N)c(NC(=O)c3cnccn3)c2C)cc1. The van der Waals surface area contributed by atoms with Crippen molar-refractivity contribution < 1.29 is 4.79 Å². The summed E-state index contributed by atoms with van der Waals surface area (Å²) in [4.78, 5) is 24.3. The first-order chi connectivity index (χ1) is 12.5. The predicted molar refractivity (Wildman–Crippen MR) is 103 cm³/mol. The van der Waals surface area contributed by atoms with Crippen LogP contribution in [-0.2, 0) is 0 Å². The zero-order chi connectivity index (χ0) is 18.7. The minimum atomic E-state index is -0.432. The lowest BCUT2D eigenvalue weighted by Gasteiger charge is -2.17. The number of carbonyl (C=O) groups is 1. The van der Waals surface area contributed by atoms with Gasteiger partial charge in [-0.2, -0.15) is 0 Å². The van der Waals surface area contributed by atoms with Crippen molar-refractivity contribution in [2.45, 2.75) is 13.8 Å². The van der Waals surface area contributed by atoms with E-state index < -0.39 is 5.91 Å². The van der Waals surface area contributed by atoms with E-state index in [1.807, 2.05) is 31.2 Å². The van der Waals surface area contributed by atoms with Crippen LogP contribution in [0.15, 0.2) is 42.9 Å². The maximum absolute atomic E-state index is 12.4. The molecule has 0 saturated carbocycles. The molecule has 0 fully saturated rings. The summed E-state index contributed by atoms with van der Waals surface area (Å²) in [5.41, 5.74) is 9.73. The highest BCUT2D eigenvalue weighted by atomic mass is 35.5. The van der Waals surface area contributed by atoms with Crippen molar-refractivity contribution in [3.05, 3.63) is 64.8 Å². The fourth-order valence-corrected chi connectivity index (χ4v) is 2.65. The lowest BCUT2D eigenvalue weighted by Crippen LogP contribution is -2.17. The van der Waals surface area contributed by atoms with Gasteiger partial charge in [0.05, 0.1) is 17.6 Å². The summed E-state index contributed by atoms with van der Waals surface area (Å²) in [5.74, 6) is -0.308. The van der Waals surface area contributed by atoms with Gasteiger partial charge in [0.25, 0.3) is 5.91 Å². The van der Waals surface area contributed by atoms with Crippen LogP contribution >= 0.6 is 11.6 Å². The summed E-state index contributed by atoms with van der Waals surface area (Å²) in [5, 5.41) is 6.17. The number of aromatic nitrogens is 3. The van der Waals surface area contributed by atoms with E-state index in [0.717, 1.165) is 11.3 Å². The summed E-state index contributed by atoms with van der Waals surface area (Å²) in [6.45, 7) is 3.81. The van der Waals surface area contributed by atoms with E-state index in [1.54, 1.807) is 6.92 Å². The number of benzene rings is 1. The van der Waals surface area contributed by atoms with E-state index in [-0.39, 0.29) is 16.7 Å². The van der Waals surface area contributed by atoms with Crippen LogP contribution in [0, 0.1) is 13.8 Å². The molecule has 3 rings (SSSR count). The van der Waals surface area contributed by atoms with Gasteiger partial charge in [0.15, 0.2) is 5.15 Å². The van der Waals surface area contributed by atoms with Gasteiger partial charge in [-0.15, -0.1) is 0 Å². The molecule has 0 unspecified atom stereocenters. The average molecular weight is 369 g/mol. The molecule has 0 spiro atoms. The van der Waals surface area contributed by atoms with Crippen LogP contribution < -0.4 is 16.4 Å². The maximum atomic E-state index is 12.4. The lowest BCUT2D eigenvalue weighted by molar-refractivity contribution is 0.102. The molecule has 132 valence electrons. The van der Waals surface area contributed by atoms with Crippen molar-refractivity contribution in [3.63, 3.8) is 0 Å². The first kappa shape index (κ1) is 17.6. The third-order valence-electron chi connectivity index (χ3n) is 3.79. The van der Waals surface area contributed by atoms with Crippen molar-refractivity contribution in [2.75, 3.05) is 16.4 Å². The largest absolute Gasteiger partial charge is 0.382 e. The van der Waals surface area contributed by atoms with Crippen LogP contribution in [0.2, 0.25) is 5.15 Å². The molecule has 1 aromatic carbocycles. The highest BCUT2D eigenvalue weighted by Gasteiger charge is 2.18. The molecule has 0 saturated heterocycles. The molecule has 0 aliphatic heterocycles. The van der Waals surface area contributed by atoms with Crippen LogP contribution in [0.5, 0.6) is 0 Å². The average Bonchev–Trinajstić information content (AvgIpc) is 2.64. The monoisotopic (exact) mass is 368 g/mol. The second kappa shape index (κ2) is 7.37. The van der Waals surface area contributed by atoms with E-state index in [9.17, 15) is 4.79 Å². The number of nitrogens with zero attached hydrogens (tertiary/aromatic N) is 3. The van der Waals surface area contributed by atoms with Gasteiger partial charge in [0.1, 0.15) is 11.5 Å². The van der Waals surface area contributed by atoms with Gasteiger partial charge in [-0.1, -0.05) is 29.3 Å². The zero-order valence-electron chi connectivity index (χ0n) is 14.2. The third kappa shape index (κ3) is 3.73. The first-order valence-electron chi connectivity index (χ1n) is 7.82. The predicted octanol–water partition coefficient (Wildman–Crippen LogP) is 3.72. The van der Waals surface area contributed by atoms with Crippen molar-refractivity contribution in [3.8, 4) is 0 Å². The molecule has 0 aliphatic carbocycles. The minimum Gasteiger partial charge on any atom is -0.382 e. The fourth-order valence-electron chi connectivity index (χ4n) is 2.37. The summed E-state index contributed by atoms with van der Waals surface area (Å²) in [7, 11) is 0. The molecule has 0 atom stereocenters. The Balaban J connectivity index is 1.93. The Morgan fingerprint density at radius 3 is 2.50 bits per heavy atom. The number of nitrogens with two attached hydrogens (primary N) is 1. The number of amides is 1. The Morgan fingerprint density at radius 1 is 1.12 bits per heavy atom. The van der Waals surface area contributed by atoms with E-state index in [2.05, 4.69) is 25.6 Å². The van der Waals surface area contributed by atoms with Gasteiger partial charge >= 0.3 is 0 Å². The Bertz CT molecular complexity index is 944. The smallest absolute Gasteiger partial charge is 0.275 e. The zero-order valence-corrected chi connectivity index (χ0v) is 15.0. The molecule has 2 aromatic heterocycles. The lowest BCUT2D eigenvalue weighted by atomic mass is 10.1. The molecular formula is C18H17ClN6O. The number of hydrogen-bond donors (Lipinski definition) is 3. The number of nitrogens with one attached hydrogen (secondary N) is 2. The van der Waals surface area contributed by atoms with Gasteiger partial charge in [-0.05, 0) is 26.0 Å². The normalized spacial score (nSPS) is 10.4. The minimum absolute atomic E-state index is 0.124. The highest BCUT2D eigenvalue weighted by molar-refractivity contribution is 6.32. The van der Waals surface area contributed by atoms with E-state index >= 15 is 0 Å². The molecule has 1 amide bonds. The number of rotatable bonds is 4. The summed E-state index contributed by atoms with van der Waals surface area (Å²) >= 11 is 6.25. The van der Waals surface area contributed by atoms with E-state index in [0.29, 0.717) is 16.9 Å². The first-order valence-corrected chi connectivity index (χ1v) is 8.20. The molecule has 26 heavy (non-hydrogen) atoms. The Labute approximate surface area is 155 Å². The molecule has 0 aliphatic rings. The van der Waals surface area contributed by atoms with Gasteiger partial charge in [0, 0.05) is 23.6 Å².